The lowest BCUT2D eigenvalue weighted by Gasteiger charge is -2.12. The van der Waals surface area contributed by atoms with Gasteiger partial charge in [-0.25, -0.2) is 0 Å². The van der Waals surface area contributed by atoms with Gasteiger partial charge >= 0.3 is 0 Å². The van der Waals surface area contributed by atoms with Gasteiger partial charge in [0.05, 0.1) is 11.1 Å². The number of para-hydroxylation sites is 1. The smallest absolute Gasteiger partial charge is 0.152 e. The molecule has 1 fully saturated rings. The van der Waals surface area contributed by atoms with Crippen molar-refractivity contribution < 1.29 is 4.42 Å². The van der Waals surface area contributed by atoms with E-state index in [1.807, 2.05) is 25.2 Å². The Labute approximate surface area is 106 Å². The fourth-order valence-electron chi connectivity index (χ4n) is 2.58. The second kappa shape index (κ2) is 4.04. The zero-order chi connectivity index (χ0) is 12.0. The summed E-state index contributed by atoms with van der Waals surface area (Å²) >= 11 is 6.13. The lowest BCUT2D eigenvalue weighted by Crippen LogP contribution is -2.18. The summed E-state index contributed by atoms with van der Waals surface area (Å²) < 4.78 is 5.91. The van der Waals surface area contributed by atoms with Gasteiger partial charge < -0.3 is 9.73 Å². The first-order chi connectivity index (χ1) is 8.20. The molecule has 90 valence electrons. The largest absolute Gasteiger partial charge is 0.458 e. The monoisotopic (exact) mass is 249 g/mol. The normalized spacial score (nSPS) is 25.1. The Morgan fingerprint density at radius 1 is 1.47 bits per heavy atom. The third-order valence-corrected chi connectivity index (χ3v) is 4.03. The quantitative estimate of drug-likeness (QED) is 0.889. The maximum atomic E-state index is 6.13. The van der Waals surface area contributed by atoms with Crippen LogP contribution in [0.3, 0.4) is 0 Å². The van der Waals surface area contributed by atoms with Gasteiger partial charge in [0.15, 0.2) is 5.58 Å². The second-order valence-corrected chi connectivity index (χ2v) is 5.36. The maximum absolute atomic E-state index is 6.13. The van der Waals surface area contributed by atoms with Gasteiger partial charge in [-0.3, -0.25) is 0 Å². The Bertz CT molecular complexity index is 548. The molecule has 3 heteroatoms. The third kappa shape index (κ3) is 1.85. The Morgan fingerprint density at radius 2 is 2.24 bits per heavy atom. The van der Waals surface area contributed by atoms with Crippen LogP contribution in [0.4, 0.5) is 0 Å². The van der Waals surface area contributed by atoms with Gasteiger partial charge in [0.25, 0.3) is 0 Å². The van der Waals surface area contributed by atoms with Crippen molar-refractivity contribution in [1.29, 1.82) is 0 Å². The summed E-state index contributed by atoms with van der Waals surface area (Å²) in [5.41, 5.74) is 0.803. The molecular weight excluding hydrogens is 234 g/mol. The molecule has 1 N–H and O–H groups in total. The van der Waals surface area contributed by atoms with Crippen LogP contribution in [0.5, 0.6) is 0 Å². The fourth-order valence-corrected chi connectivity index (χ4v) is 2.80. The molecule has 1 aliphatic rings. The van der Waals surface area contributed by atoms with Gasteiger partial charge in [0, 0.05) is 5.39 Å². The topological polar surface area (TPSA) is 25.2 Å². The predicted molar refractivity (Wildman–Crippen MR) is 70.3 cm³/mol. The Kier molecular flexibility index (Phi) is 2.64. The van der Waals surface area contributed by atoms with Crippen molar-refractivity contribution in [2.45, 2.75) is 19.4 Å². The maximum Gasteiger partial charge on any atom is 0.152 e. The number of rotatable bonds is 3. The van der Waals surface area contributed by atoms with Crippen molar-refractivity contribution in [2.75, 3.05) is 7.05 Å². The number of fused-ring (bicyclic) bond motifs is 1. The number of halogens is 1. The number of hydrogen-bond donors (Lipinski definition) is 1. The average Bonchev–Trinajstić information content (AvgIpc) is 2.87. The first-order valence-corrected chi connectivity index (χ1v) is 6.43. The van der Waals surface area contributed by atoms with Crippen molar-refractivity contribution in [2.24, 2.45) is 11.8 Å². The first-order valence-electron chi connectivity index (χ1n) is 6.06. The van der Waals surface area contributed by atoms with E-state index in [0.717, 1.165) is 22.6 Å². The molecule has 0 amide bonds. The zero-order valence-corrected chi connectivity index (χ0v) is 10.8. The van der Waals surface area contributed by atoms with Crippen LogP contribution in [0.2, 0.25) is 5.02 Å². The highest BCUT2D eigenvalue weighted by molar-refractivity contribution is 6.34. The van der Waals surface area contributed by atoms with Crippen LogP contribution >= 0.6 is 11.6 Å². The number of nitrogens with one attached hydrogen (secondary N) is 1. The van der Waals surface area contributed by atoms with Crippen LogP contribution in [-0.4, -0.2) is 7.05 Å². The predicted octanol–water partition coefficient (Wildman–Crippen LogP) is 4.00. The summed E-state index contributed by atoms with van der Waals surface area (Å²) in [5, 5.41) is 5.13. The fraction of sp³-hybridized carbons (Fsp3) is 0.429. The third-order valence-electron chi connectivity index (χ3n) is 3.73. The summed E-state index contributed by atoms with van der Waals surface area (Å²) in [6.07, 6.45) is 1.27. The molecule has 0 bridgehead atoms. The van der Waals surface area contributed by atoms with E-state index in [-0.39, 0.29) is 0 Å². The molecule has 3 rings (SSSR count). The van der Waals surface area contributed by atoms with Crippen LogP contribution in [0.25, 0.3) is 11.0 Å². The molecule has 1 saturated carbocycles. The van der Waals surface area contributed by atoms with Gasteiger partial charge in [-0.05, 0) is 37.4 Å². The molecule has 17 heavy (non-hydrogen) atoms. The molecule has 1 aromatic carbocycles. The lowest BCUT2D eigenvalue weighted by molar-refractivity contribution is 0.407. The van der Waals surface area contributed by atoms with E-state index in [0.29, 0.717) is 17.0 Å². The van der Waals surface area contributed by atoms with Crippen molar-refractivity contribution >= 4 is 22.6 Å². The summed E-state index contributed by atoms with van der Waals surface area (Å²) in [6, 6.07) is 8.28. The Balaban J connectivity index is 2.02. The molecular formula is C14H16ClNO. The highest BCUT2D eigenvalue weighted by Crippen LogP contribution is 2.47. The molecule has 2 nitrogen and oxygen atoms in total. The van der Waals surface area contributed by atoms with Gasteiger partial charge in [0.2, 0.25) is 0 Å². The molecule has 1 heterocycles. The van der Waals surface area contributed by atoms with Crippen molar-refractivity contribution in [3.63, 3.8) is 0 Å². The van der Waals surface area contributed by atoms with Crippen molar-refractivity contribution in [3.05, 3.63) is 35.0 Å². The number of benzene rings is 1. The molecule has 0 aliphatic heterocycles. The van der Waals surface area contributed by atoms with E-state index in [4.69, 9.17) is 16.0 Å². The Morgan fingerprint density at radius 3 is 2.82 bits per heavy atom. The molecule has 1 aliphatic carbocycles. The van der Waals surface area contributed by atoms with Crippen LogP contribution in [0.1, 0.15) is 25.1 Å². The van der Waals surface area contributed by atoms with Crippen LogP contribution in [0.15, 0.2) is 28.7 Å². The van der Waals surface area contributed by atoms with E-state index in [1.165, 1.54) is 6.42 Å². The SMILES string of the molecule is CNC(c1cc2cccc(Cl)c2o1)C1CC1C. The van der Waals surface area contributed by atoms with Gasteiger partial charge in [-0.2, -0.15) is 0 Å². The molecule has 1 aromatic heterocycles. The standard InChI is InChI=1S/C14H16ClNO/c1-8-6-10(8)13(16-2)12-7-9-4-3-5-11(15)14(9)17-12/h3-5,7-8,10,13,16H,6H2,1-2H3. The molecule has 3 unspecified atom stereocenters. The summed E-state index contributed by atoms with van der Waals surface area (Å²) in [7, 11) is 1.99. The zero-order valence-electron chi connectivity index (χ0n) is 10.0. The van der Waals surface area contributed by atoms with Crippen molar-refractivity contribution in [3.8, 4) is 0 Å². The Hall–Kier alpha value is -0.990. The summed E-state index contributed by atoms with van der Waals surface area (Å²) in [4.78, 5) is 0. The van der Waals surface area contributed by atoms with Gasteiger partial charge in [-0.15, -0.1) is 0 Å². The minimum atomic E-state index is 0.313. The van der Waals surface area contributed by atoms with Crippen molar-refractivity contribution in [1.82, 2.24) is 5.32 Å². The first kappa shape index (κ1) is 11.1. The van der Waals surface area contributed by atoms with E-state index in [9.17, 15) is 0 Å². The van der Waals surface area contributed by atoms with Crippen LogP contribution in [-0.2, 0) is 0 Å². The van der Waals surface area contributed by atoms with Crippen LogP contribution < -0.4 is 5.32 Å². The second-order valence-electron chi connectivity index (χ2n) is 4.95. The highest BCUT2D eigenvalue weighted by Gasteiger charge is 2.41. The average molecular weight is 250 g/mol. The van der Waals surface area contributed by atoms with E-state index < -0.39 is 0 Å². The molecule has 0 radical (unpaired) electrons. The molecule has 0 spiro atoms. The van der Waals surface area contributed by atoms with E-state index >= 15 is 0 Å². The van der Waals surface area contributed by atoms with E-state index in [2.05, 4.69) is 18.3 Å². The van der Waals surface area contributed by atoms with Gasteiger partial charge in [0.1, 0.15) is 5.76 Å². The lowest BCUT2D eigenvalue weighted by atomic mass is 10.1. The highest BCUT2D eigenvalue weighted by atomic mass is 35.5. The van der Waals surface area contributed by atoms with E-state index in [1.54, 1.807) is 0 Å². The van der Waals surface area contributed by atoms with Gasteiger partial charge in [-0.1, -0.05) is 30.7 Å². The molecule has 2 aromatic rings. The minimum Gasteiger partial charge on any atom is -0.458 e. The molecule has 0 saturated heterocycles. The van der Waals surface area contributed by atoms with Crippen LogP contribution in [0, 0.1) is 11.8 Å². The number of furan rings is 1. The summed E-state index contributed by atoms with van der Waals surface area (Å²) in [6.45, 7) is 2.28. The summed E-state index contributed by atoms with van der Waals surface area (Å²) in [5.74, 6) is 2.49. The molecule has 3 atom stereocenters. The minimum absolute atomic E-state index is 0.313. The number of hydrogen-bond acceptors (Lipinski definition) is 2.